The Kier molecular flexibility index (Phi) is 9.23. The molecule has 134 valence electrons. The quantitative estimate of drug-likeness (QED) is 0.541. The van der Waals surface area contributed by atoms with Crippen molar-refractivity contribution in [3.8, 4) is 0 Å². The highest BCUT2D eigenvalue weighted by Gasteiger charge is 2.08. The molecule has 2 rings (SSSR count). The monoisotopic (exact) mass is 356 g/mol. The van der Waals surface area contributed by atoms with Gasteiger partial charge in [-0.05, 0) is 55.9 Å². The molecule has 0 saturated carbocycles. The number of halogens is 1. The van der Waals surface area contributed by atoms with Gasteiger partial charge >= 0.3 is 0 Å². The van der Waals surface area contributed by atoms with Crippen LogP contribution in [0.1, 0.15) is 56.4 Å². The molecule has 25 heavy (non-hydrogen) atoms. The first-order valence-electron chi connectivity index (χ1n) is 8.92. The molecule has 0 aliphatic heterocycles. The Morgan fingerprint density at radius 1 is 0.920 bits per heavy atom. The number of rotatable bonds is 5. The standard InChI is InChI=1S/C12H13ClO.C11H16/c1-8-6-4-5-7-11(8)12(13)9(2)10(3)14;1-3-7-11-9-6-5-8-10(11)4-2/h4-7H,1-3H3;5-6,8-9H,3-4,7H2,1-2H3/b12-9-;. The molecule has 0 aromatic heterocycles. The molecule has 0 aliphatic rings. The minimum absolute atomic E-state index is 0.0123. The smallest absolute Gasteiger partial charge is 0.157 e. The summed E-state index contributed by atoms with van der Waals surface area (Å²) in [6.45, 7) is 9.69. The van der Waals surface area contributed by atoms with E-state index in [9.17, 15) is 4.79 Å². The van der Waals surface area contributed by atoms with Gasteiger partial charge in [0.05, 0.1) is 5.03 Å². The van der Waals surface area contributed by atoms with E-state index in [0.717, 1.165) is 17.5 Å². The van der Waals surface area contributed by atoms with Gasteiger partial charge in [-0.2, -0.15) is 0 Å². The van der Waals surface area contributed by atoms with Gasteiger partial charge in [0.1, 0.15) is 0 Å². The van der Waals surface area contributed by atoms with E-state index < -0.39 is 0 Å². The third kappa shape index (κ3) is 6.51. The third-order valence-corrected chi connectivity index (χ3v) is 4.74. The maximum Gasteiger partial charge on any atom is 0.157 e. The zero-order valence-corrected chi connectivity index (χ0v) is 16.8. The van der Waals surface area contributed by atoms with Gasteiger partial charge in [0.15, 0.2) is 5.78 Å². The van der Waals surface area contributed by atoms with Crippen LogP contribution in [0.4, 0.5) is 0 Å². The van der Waals surface area contributed by atoms with Gasteiger partial charge in [-0.1, -0.05) is 80.4 Å². The van der Waals surface area contributed by atoms with Crippen molar-refractivity contribution in [2.24, 2.45) is 0 Å². The minimum Gasteiger partial charge on any atom is -0.295 e. The minimum atomic E-state index is 0.0123. The normalized spacial score (nSPS) is 11.3. The summed E-state index contributed by atoms with van der Waals surface area (Å²) in [5.41, 5.74) is 5.66. The number of Topliss-reactive ketones (excluding diaryl/α,β-unsaturated/α-hetero) is 1. The Balaban J connectivity index is 0.000000257. The zero-order valence-electron chi connectivity index (χ0n) is 16.0. The predicted molar refractivity (Wildman–Crippen MR) is 110 cm³/mol. The van der Waals surface area contributed by atoms with Crippen molar-refractivity contribution in [3.63, 3.8) is 0 Å². The van der Waals surface area contributed by atoms with Crippen molar-refractivity contribution >= 4 is 22.4 Å². The topological polar surface area (TPSA) is 17.1 Å². The average molecular weight is 357 g/mol. The van der Waals surface area contributed by atoms with Gasteiger partial charge in [0, 0.05) is 5.57 Å². The molecule has 1 nitrogen and oxygen atoms in total. The lowest BCUT2D eigenvalue weighted by Crippen LogP contribution is -1.95. The number of allylic oxidation sites excluding steroid dienone is 1. The van der Waals surface area contributed by atoms with Crippen molar-refractivity contribution < 1.29 is 4.79 Å². The number of carbonyl (C=O) groups excluding carboxylic acids is 1. The van der Waals surface area contributed by atoms with Gasteiger partial charge in [0.25, 0.3) is 0 Å². The molecule has 0 heterocycles. The lowest BCUT2D eigenvalue weighted by molar-refractivity contribution is -0.113. The fourth-order valence-corrected chi connectivity index (χ4v) is 2.94. The molecule has 0 fully saturated rings. The van der Waals surface area contributed by atoms with E-state index in [1.165, 1.54) is 30.9 Å². The van der Waals surface area contributed by atoms with Crippen molar-refractivity contribution in [1.82, 2.24) is 0 Å². The number of carbonyl (C=O) groups is 1. The number of benzene rings is 2. The summed E-state index contributed by atoms with van der Waals surface area (Å²) in [4.78, 5) is 11.1. The summed E-state index contributed by atoms with van der Waals surface area (Å²) < 4.78 is 0. The summed E-state index contributed by atoms with van der Waals surface area (Å²) >= 11 is 6.12. The summed E-state index contributed by atoms with van der Waals surface area (Å²) in [6, 6.07) is 16.5. The molecule has 0 atom stereocenters. The maximum absolute atomic E-state index is 11.1. The van der Waals surface area contributed by atoms with Crippen LogP contribution in [0.5, 0.6) is 0 Å². The Hall–Kier alpha value is -1.86. The van der Waals surface area contributed by atoms with Crippen LogP contribution in [0.2, 0.25) is 0 Å². The molecule has 0 amide bonds. The van der Waals surface area contributed by atoms with Crippen molar-refractivity contribution in [2.45, 2.75) is 53.9 Å². The molecule has 2 aromatic carbocycles. The molecule has 0 aliphatic carbocycles. The van der Waals surface area contributed by atoms with E-state index in [0.29, 0.717) is 10.6 Å². The van der Waals surface area contributed by atoms with E-state index in [1.54, 1.807) is 6.92 Å². The Morgan fingerprint density at radius 3 is 2.00 bits per heavy atom. The van der Waals surface area contributed by atoms with Crippen molar-refractivity contribution in [3.05, 3.63) is 76.4 Å². The largest absolute Gasteiger partial charge is 0.295 e. The molecule has 2 aromatic rings. The van der Waals surface area contributed by atoms with Gasteiger partial charge in [-0.25, -0.2) is 0 Å². The van der Waals surface area contributed by atoms with E-state index in [-0.39, 0.29) is 5.78 Å². The van der Waals surface area contributed by atoms with Gasteiger partial charge in [0.2, 0.25) is 0 Å². The van der Waals surface area contributed by atoms with Crippen LogP contribution in [-0.2, 0) is 17.6 Å². The molecule has 0 N–H and O–H groups in total. The van der Waals surface area contributed by atoms with E-state index in [2.05, 4.69) is 38.1 Å². The van der Waals surface area contributed by atoms with Crippen LogP contribution >= 0.6 is 11.6 Å². The Morgan fingerprint density at radius 2 is 1.48 bits per heavy atom. The summed E-state index contributed by atoms with van der Waals surface area (Å²) in [7, 11) is 0. The lowest BCUT2D eigenvalue weighted by atomic mass is 10.0. The van der Waals surface area contributed by atoms with Crippen LogP contribution < -0.4 is 0 Å². The Labute approximate surface area is 157 Å². The van der Waals surface area contributed by atoms with Crippen molar-refractivity contribution in [1.29, 1.82) is 0 Å². The van der Waals surface area contributed by atoms with Gasteiger partial charge in [-0.3, -0.25) is 4.79 Å². The SMILES string of the molecule is CC(=O)/C(C)=C(\Cl)c1ccccc1C.CCCc1ccccc1CC. The highest BCUT2D eigenvalue weighted by Crippen LogP contribution is 2.25. The lowest BCUT2D eigenvalue weighted by Gasteiger charge is -2.06. The second-order valence-corrected chi connectivity index (χ2v) is 6.56. The fraction of sp³-hybridized carbons (Fsp3) is 0.348. The molecule has 2 heteroatoms. The predicted octanol–water partition coefficient (Wildman–Crippen LogP) is 6.76. The first kappa shape index (κ1) is 21.2. The van der Waals surface area contributed by atoms with Crippen LogP contribution in [-0.4, -0.2) is 5.78 Å². The summed E-state index contributed by atoms with van der Waals surface area (Å²) in [5.74, 6) is 0.0123. The molecule has 0 unspecified atom stereocenters. The first-order chi connectivity index (χ1) is 11.9. The Bertz CT molecular complexity index is 728. The number of ketones is 1. The zero-order chi connectivity index (χ0) is 18.8. The second-order valence-electron chi connectivity index (χ2n) is 6.18. The summed E-state index contributed by atoms with van der Waals surface area (Å²) in [5, 5.41) is 0.551. The van der Waals surface area contributed by atoms with Gasteiger partial charge in [-0.15, -0.1) is 0 Å². The third-order valence-electron chi connectivity index (χ3n) is 4.26. The molecule has 0 saturated heterocycles. The number of hydrogen-bond donors (Lipinski definition) is 0. The van der Waals surface area contributed by atoms with Crippen molar-refractivity contribution in [2.75, 3.05) is 0 Å². The number of aryl methyl sites for hydroxylation is 3. The summed E-state index contributed by atoms with van der Waals surface area (Å²) in [6.07, 6.45) is 3.64. The molecule has 0 spiro atoms. The van der Waals surface area contributed by atoms with E-state index in [4.69, 9.17) is 11.6 Å². The second kappa shape index (κ2) is 10.9. The molecule has 0 bridgehead atoms. The van der Waals surface area contributed by atoms with E-state index in [1.807, 2.05) is 31.2 Å². The molecule has 0 radical (unpaired) electrons. The van der Waals surface area contributed by atoms with Crippen LogP contribution in [0.15, 0.2) is 54.1 Å². The highest BCUT2D eigenvalue weighted by atomic mass is 35.5. The van der Waals surface area contributed by atoms with Crippen LogP contribution in [0, 0.1) is 6.92 Å². The fourth-order valence-electron chi connectivity index (χ4n) is 2.59. The number of hydrogen-bond acceptors (Lipinski definition) is 1. The van der Waals surface area contributed by atoms with Crippen LogP contribution in [0.3, 0.4) is 0 Å². The maximum atomic E-state index is 11.1. The molecular weight excluding hydrogens is 328 g/mol. The van der Waals surface area contributed by atoms with E-state index >= 15 is 0 Å². The highest BCUT2D eigenvalue weighted by molar-refractivity contribution is 6.51. The first-order valence-corrected chi connectivity index (χ1v) is 9.30. The molecular formula is C23H29ClO. The van der Waals surface area contributed by atoms with Gasteiger partial charge < -0.3 is 0 Å². The average Bonchev–Trinajstić information content (AvgIpc) is 2.62. The van der Waals surface area contributed by atoms with Crippen LogP contribution in [0.25, 0.3) is 5.03 Å².